The molecule has 0 bridgehead atoms. The van der Waals surface area contributed by atoms with Crippen molar-refractivity contribution in [1.29, 1.82) is 0 Å². The lowest BCUT2D eigenvalue weighted by Crippen LogP contribution is -2.04. The zero-order chi connectivity index (χ0) is 10.8. The zero-order valence-electron chi connectivity index (χ0n) is 8.64. The summed E-state index contributed by atoms with van der Waals surface area (Å²) < 4.78 is 6.68. The Labute approximate surface area is 87.5 Å². The van der Waals surface area contributed by atoms with E-state index in [1.807, 2.05) is 6.92 Å². The van der Waals surface area contributed by atoms with Gasteiger partial charge in [0.1, 0.15) is 11.6 Å². The zero-order valence-corrected chi connectivity index (χ0v) is 8.64. The van der Waals surface area contributed by atoms with Gasteiger partial charge in [-0.05, 0) is 13.0 Å². The van der Waals surface area contributed by atoms with Crippen molar-refractivity contribution in [2.75, 3.05) is 12.8 Å². The lowest BCUT2D eigenvalue weighted by molar-refractivity contribution is 0.414. The molecule has 0 unspecified atom stereocenters. The van der Waals surface area contributed by atoms with Crippen molar-refractivity contribution in [3.8, 4) is 11.6 Å². The van der Waals surface area contributed by atoms with Gasteiger partial charge in [-0.25, -0.2) is 4.98 Å². The van der Waals surface area contributed by atoms with Crippen LogP contribution in [0, 0.1) is 6.92 Å². The predicted octanol–water partition coefficient (Wildman–Crippen LogP) is 1.17. The summed E-state index contributed by atoms with van der Waals surface area (Å²) in [4.78, 5) is 4.17. The minimum absolute atomic E-state index is 0.563. The summed E-state index contributed by atoms with van der Waals surface area (Å²) in [6.45, 7) is 1.88. The van der Waals surface area contributed by atoms with E-state index in [1.165, 1.54) is 0 Å². The Hall–Kier alpha value is -2.04. The van der Waals surface area contributed by atoms with Gasteiger partial charge < -0.3 is 10.5 Å². The van der Waals surface area contributed by atoms with Crippen LogP contribution < -0.4 is 10.5 Å². The third-order valence-corrected chi connectivity index (χ3v) is 2.03. The highest BCUT2D eigenvalue weighted by molar-refractivity contribution is 5.41. The van der Waals surface area contributed by atoms with E-state index < -0.39 is 0 Å². The van der Waals surface area contributed by atoms with E-state index in [-0.39, 0.29) is 0 Å². The van der Waals surface area contributed by atoms with Crippen LogP contribution in [0.5, 0.6) is 5.75 Å². The SMILES string of the molecule is COc1ccnc(-n2nc(C)cc2N)c1. The summed E-state index contributed by atoms with van der Waals surface area (Å²) in [5.74, 6) is 1.95. The van der Waals surface area contributed by atoms with Crippen LogP contribution in [0.3, 0.4) is 0 Å². The molecule has 15 heavy (non-hydrogen) atoms. The molecule has 78 valence electrons. The molecule has 0 fully saturated rings. The Morgan fingerprint density at radius 2 is 2.20 bits per heavy atom. The van der Waals surface area contributed by atoms with Gasteiger partial charge in [0.2, 0.25) is 0 Å². The maximum Gasteiger partial charge on any atom is 0.159 e. The lowest BCUT2D eigenvalue weighted by Gasteiger charge is -2.04. The molecule has 0 aliphatic carbocycles. The second kappa shape index (κ2) is 3.61. The lowest BCUT2D eigenvalue weighted by atomic mass is 10.4. The predicted molar refractivity (Wildman–Crippen MR) is 57.1 cm³/mol. The van der Waals surface area contributed by atoms with Crippen molar-refractivity contribution in [2.24, 2.45) is 0 Å². The highest BCUT2D eigenvalue weighted by Gasteiger charge is 2.05. The minimum Gasteiger partial charge on any atom is -0.497 e. The van der Waals surface area contributed by atoms with Crippen LogP contribution in [-0.4, -0.2) is 21.9 Å². The highest BCUT2D eigenvalue weighted by Crippen LogP contribution is 2.16. The summed E-state index contributed by atoms with van der Waals surface area (Å²) in [6, 6.07) is 5.35. The number of methoxy groups -OCH3 is 1. The summed E-state index contributed by atoms with van der Waals surface area (Å²) in [6.07, 6.45) is 1.66. The number of pyridine rings is 1. The van der Waals surface area contributed by atoms with Crippen LogP contribution in [0.1, 0.15) is 5.69 Å². The number of aryl methyl sites for hydroxylation is 1. The molecule has 0 saturated heterocycles. The molecule has 0 amide bonds. The number of aromatic nitrogens is 3. The first-order chi connectivity index (χ1) is 7.20. The molecule has 0 saturated carbocycles. The first-order valence-corrected chi connectivity index (χ1v) is 4.53. The van der Waals surface area contributed by atoms with Gasteiger partial charge in [-0.3, -0.25) is 0 Å². The fourth-order valence-electron chi connectivity index (χ4n) is 1.35. The molecule has 2 heterocycles. The Morgan fingerprint density at radius 1 is 1.40 bits per heavy atom. The Morgan fingerprint density at radius 3 is 2.80 bits per heavy atom. The standard InChI is InChI=1S/C10H12N4O/c1-7-5-9(11)14(13-7)10-6-8(15-2)3-4-12-10/h3-6H,11H2,1-2H3. The number of rotatable bonds is 2. The first-order valence-electron chi connectivity index (χ1n) is 4.53. The average Bonchev–Trinajstić information content (AvgIpc) is 2.58. The van der Waals surface area contributed by atoms with Crippen LogP contribution in [-0.2, 0) is 0 Å². The summed E-state index contributed by atoms with van der Waals surface area (Å²) in [5.41, 5.74) is 6.64. The minimum atomic E-state index is 0.563. The van der Waals surface area contributed by atoms with Gasteiger partial charge >= 0.3 is 0 Å². The monoisotopic (exact) mass is 204 g/mol. The Bertz CT molecular complexity index is 478. The van der Waals surface area contributed by atoms with Gasteiger partial charge in [0, 0.05) is 18.3 Å². The molecule has 5 heteroatoms. The van der Waals surface area contributed by atoms with Crippen molar-refractivity contribution in [1.82, 2.24) is 14.8 Å². The van der Waals surface area contributed by atoms with Crippen molar-refractivity contribution in [2.45, 2.75) is 6.92 Å². The molecule has 2 aromatic heterocycles. The maximum atomic E-state index is 5.78. The van der Waals surface area contributed by atoms with Crippen molar-refractivity contribution in [3.63, 3.8) is 0 Å². The number of hydrogen-bond donors (Lipinski definition) is 1. The molecule has 0 aromatic carbocycles. The molecule has 0 aliphatic heterocycles. The molecule has 0 atom stereocenters. The molecule has 0 radical (unpaired) electrons. The number of nitrogens with zero attached hydrogens (tertiary/aromatic N) is 3. The highest BCUT2D eigenvalue weighted by atomic mass is 16.5. The number of nitrogen functional groups attached to an aromatic ring is 1. The van der Waals surface area contributed by atoms with Crippen LogP contribution in [0.2, 0.25) is 0 Å². The molecule has 2 N–H and O–H groups in total. The van der Waals surface area contributed by atoms with Gasteiger partial charge in [-0.15, -0.1) is 0 Å². The van der Waals surface area contributed by atoms with E-state index in [0.717, 1.165) is 11.4 Å². The largest absolute Gasteiger partial charge is 0.497 e. The van der Waals surface area contributed by atoms with Gasteiger partial charge in [-0.1, -0.05) is 0 Å². The molecule has 0 aliphatic rings. The van der Waals surface area contributed by atoms with Crippen LogP contribution in [0.4, 0.5) is 5.82 Å². The van der Waals surface area contributed by atoms with Crippen molar-refractivity contribution in [3.05, 3.63) is 30.1 Å². The molecular weight excluding hydrogens is 192 g/mol. The quantitative estimate of drug-likeness (QED) is 0.797. The second-order valence-electron chi connectivity index (χ2n) is 3.18. The van der Waals surface area contributed by atoms with E-state index in [2.05, 4.69) is 10.1 Å². The molecule has 2 aromatic rings. The van der Waals surface area contributed by atoms with Crippen molar-refractivity contribution >= 4 is 5.82 Å². The molecular formula is C10H12N4O. The third kappa shape index (κ3) is 1.76. The van der Waals surface area contributed by atoms with Gasteiger partial charge in [-0.2, -0.15) is 9.78 Å². The number of nitrogens with two attached hydrogens (primary N) is 1. The van der Waals surface area contributed by atoms with E-state index >= 15 is 0 Å². The van der Waals surface area contributed by atoms with Crippen LogP contribution in [0.25, 0.3) is 5.82 Å². The van der Waals surface area contributed by atoms with Gasteiger partial charge in [0.15, 0.2) is 5.82 Å². The molecule has 2 rings (SSSR count). The molecule has 5 nitrogen and oxygen atoms in total. The second-order valence-corrected chi connectivity index (χ2v) is 3.18. The average molecular weight is 204 g/mol. The normalized spacial score (nSPS) is 10.3. The fraction of sp³-hybridized carbons (Fsp3) is 0.200. The number of ether oxygens (including phenoxy) is 1. The van der Waals surface area contributed by atoms with Crippen molar-refractivity contribution < 1.29 is 4.74 Å². The van der Waals surface area contributed by atoms with Crippen LogP contribution >= 0.6 is 0 Å². The van der Waals surface area contributed by atoms with Gasteiger partial charge in [0.05, 0.1) is 12.8 Å². The summed E-state index contributed by atoms with van der Waals surface area (Å²) in [7, 11) is 1.61. The first kappa shape index (κ1) is 9.51. The number of hydrogen-bond acceptors (Lipinski definition) is 4. The summed E-state index contributed by atoms with van der Waals surface area (Å²) >= 11 is 0. The van der Waals surface area contributed by atoms with E-state index in [0.29, 0.717) is 11.6 Å². The third-order valence-electron chi connectivity index (χ3n) is 2.03. The number of anilines is 1. The van der Waals surface area contributed by atoms with E-state index in [4.69, 9.17) is 10.5 Å². The topological polar surface area (TPSA) is 66.0 Å². The summed E-state index contributed by atoms with van der Waals surface area (Å²) in [5, 5.41) is 4.23. The van der Waals surface area contributed by atoms with E-state index in [9.17, 15) is 0 Å². The van der Waals surface area contributed by atoms with Gasteiger partial charge in [0.25, 0.3) is 0 Å². The maximum absolute atomic E-state index is 5.78. The smallest absolute Gasteiger partial charge is 0.159 e. The molecule has 0 spiro atoms. The Balaban J connectivity index is 2.49. The fourth-order valence-corrected chi connectivity index (χ4v) is 1.35. The van der Waals surface area contributed by atoms with E-state index in [1.54, 1.807) is 36.2 Å². The Kier molecular flexibility index (Phi) is 2.29. The van der Waals surface area contributed by atoms with Crippen LogP contribution in [0.15, 0.2) is 24.4 Å².